The highest BCUT2D eigenvalue weighted by Gasteiger charge is 2.33. The number of anilines is 1. The summed E-state index contributed by atoms with van der Waals surface area (Å²) in [7, 11) is 0. The van der Waals surface area contributed by atoms with Crippen LogP contribution in [-0.2, 0) is 17.9 Å². The normalized spacial score (nSPS) is 17.0. The van der Waals surface area contributed by atoms with Crippen molar-refractivity contribution in [1.29, 1.82) is 0 Å². The molecule has 1 amide bonds. The first-order valence-electron chi connectivity index (χ1n) is 9.09. The smallest absolute Gasteiger partial charge is 0.414 e. The molecule has 31 heavy (non-hydrogen) atoms. The summed E-state index contributed by atoms with van der Waals surface area (Å²) in [6.45, 7) is 0.165. The number of nitrogens with two attached hydrogens (primary N) is 1. The van der Waals surface area contributed by atoms with Gasteiger partial charge in [-0.25, -0.2) is 13.9 Å². The van der Waals surface area contributed by atoms with Crippen molar-refractivity contribution in [1.82, 2.24) is 25.1 Å². The van der Waals surface area contributed by atoms with Gasteiger partial charge in [0.05, 0.1) is 36.2 Å². The van der Waals surface area contributed by atoms with Crippen LogP contribution in [0.1, 0.15) is 11.7 Å². The first-order valence-corrected chi connectivity index (χ1v) is 9.09. The van der Waals surface area contributed by atoms with Gasteiger partial charge in [0.25, 0.3) is 5.89 Å². The van der Waals surface area contributed by atoms with Gasteiger partial charge in [-0.15, -0.1) is 5.10 Å². The fourth-order valence-electron chi connectivity index (χ4n) is 2.89. The quantitative estimate of drug-likeness (QED) is 0.524. The van der Waals surface area contributed by atoms with E-state index in [4.69, 9.17) is 20.1 Å². The molecule has 1 unspecified atom stereocenters. The highest BCUT2D eigenvalue weighted by atomic mass is 19.1. The van der Waals surface area contributed by atoms with E-state index in [1.165, 1.54) is 35.6 Å². The van der Waals surface area contributed by atoms with Gasteiger partial charge >= 0.3 is 6.09 Å². The lowest BCUT2D eigenvalue weighted by atomic mass is 10.2. The lowest BCUT2D eigenvalue weighted by Crippen LogP contribution is -2.26. The molecule has 160 valence electrons. The number of allylic oxidation sites excluding steroid dienone is 1. The SMILES string of the molecule is N/C=C(\C=Nc1ccc(N2CC(Cn3ccnn3)OC2=O)cc1F)c1noc(CO)n1. The summed E-state index contributed by atoms with van der Waals surface area (Å²) < 4.78 is 26.3. The second-order valence-electron chi connectivity index (χ2n) is 6.43. The lowest BCUT2D eigenvalue weighted by molar-refractivity contribution is 0.129. The Labute approximate surface area is 174 Å². The molecule has 13 heteroatoms. The number of carbonyl (C=O) groups is 1. The topological polar surface area (TPSA) is 158 Å². The molecular weight excluding hydrogens is 411 g/mol. The van der Waals surface area contributed by atoms with Crippen LogP contribution in [0.3, 0.4) is 0 Å². The summed E-state index contributed by atoms with van der Waals surface area (Å²) in [6, 6.07) is 4.16. The van der Waals surface area contributed by atoms with Crippen molar-refractivity contribution in [2.24, 2.45) is 10.7 Å². The van der Waals surface area contributed by atoms with E-state index in [2.05, 4.69) is 25.4 Å². The summed E-state index contributed by atoms with van der Waals surface area (Å²) in [6.07, 6.45) is 4.61. The van der Waals surface area contributed by atoms with Crippen LogP contribution in [0.2, 0.25) is 0 Å². The van der Waals surface area contributed by atoms with Crippen LogP contribution < -0.4 is 10.6 Å². The number of aliphatic hydroxyl groups is 1. The van der Waals surface area contributed by atoms with Crippen molar-refractivity contribution < 1.29 is 23.6 Å². The fraction of sp³-hybridized carbons (Fsp3) is 0.222. The fourth-order valence-corrected chi connectivity index (χ4v) is 2.89. The minimum absolute atomic E-state index is 0.0120. The maximum absolute atomic E-state index is 14.6. The first kappa shape index (κ1) is 20.2. The molecule has 1 atom stereocenters. The number of ether oxygens (including phenoxy) is 1. The van der Waals surface area contributed by atoms with E-state index in [1.807, 2.05) is 0 Å². The summed E-state index contributed by atoms with van der Waals surface area (Å²) in [5, 5.41) is 20.2. The summed E-state index contributed by atoms with van der Waals surface area (Å²) in [4.78, 5) is 21.5. The number of nitrogens with zero attached hydrogens (tertiary/aromatic N) is 7. The van der Waals surface area contributed by atoms with Crippen LogP contribution in [0.5, 0.6) is 0 Å². The molecule has 1 aromatic carbocycles. The molecule has 12 nitrogen and oxygen atoms in total. The predicted octanol–water partition coefficient (Wildman–Crippen LogP) is 1.02. The van der Waals surface area contributed by atoms with Gasteiger partial charge in [0, 0.05) is 18.6 Å². The molecule has 0 spiro atoms. The number of aliphatic hydroxyl groups excluding tert-OH is 1. The molecule has 3 heterocycles. The third-order valence-corrected chi connectivity index (χ3v) is 4.36. The van der Waals surface area contributed by atoms with Crippen molar-refractivity contribution in [2.75, 3.05) is 11.4 Å². The van der Waals surface area contributed by atoms with E-state index < -0.39 is 24.6 Å². The molecule has 1 fully saturated rings. The summed E-state index contributed by atoms with van der Waals surface area (Å²) in [5.41, 5.74) is 6.16. The number of aromatic nitrogens is 5. The molecule has 1 aliphatic heterocycles. The van der Waals surface area contributed by atoms with E-state index in [0.29, 0.717) is 12.2 Å². The van der Waals surface area contributed by atoms with Crippen molar-refractivity contribution in [3.05, 3.63) is 54.3 Å². The highest BCUT2D eigenvalue weighted by molar-refractivity contribution is 6.08. The Balaban J connectivity index is 1.46. The molecular formula is C18H17FN8O4. The third kappa shape index (κ3) is 4.40. The maximum atomic E-state index is 14.6. The molecule has 0 bridgehead atoms. The van der Waals surface area contributed by atoms with Crippen molar-refractivity contribution in [3.63, 3.8) is 0 Å². The molecule has 0 saturated carbocycles. The first-order chi connectivity index (χ1) is 15.1. The highest BCUT2D eigenvalue weighted by Crippen LogP contribution is 2.28. The Morgan fingerprint density at radius 2 is 2.32 bits per heavy atom. The minimum Gasteiger partial charge on any atom is -0.442 e. The standard InChI is InChI=1S/C18H17FN8O4/c19-14-5-12(27-9-13(30-18(27)29)8-26-4-3-22-25-26)1-2-15(14)21-7-11(6-20)17-23-16(10-28)31-24-17/h1-7,13,28H,8-10,20H2/b11-6+,21-7?. The van der Waals surface area contributed by atoms with Crippen molar-refractivity contribution in [3.8, 4) is 0 Å². The average molecular weight is 428 g/mol. The summed E-state index contributed by atoms with van der Waals surface area (Å²) in [5.74, 6) is -0.537. The zero-order valence-corrected chi connectivity index (χ0v) is 16.0. The second kappa shape index (κ2) is 8.71. The Hall–Kier alpha value is -4.13. The number of hydrogen-bond acceptors (Lipinski definition) is 10. The molecule has 3 aromatic rings. The molecule has 1 aliphatic rings. The van der Waals surface area contributed by atoms with Gasteiger partial charge in [-0.1, -0.05) is 10.4 Å². The van der Waals surface area contributed by atoms with E-state index in [1.54, 1.807) is 16.9 Å². The van der Waals surface area contributed by atoms with E-state index in [9.17, 15) is 9.18 Å². The number of benzene rings is 1. The van der Waals surface area contributed by atoms with Crippen LogP contribution in [0.15, 0.2) is 46.3 Å². The number of rotatable bonds is 7. The number of carbonyl (C=O) groups excluding carboxylic acids is 1. The van der Waals surface area contributed by atoms with Gasteiger partial charge in [-0.2, -0.15) is 4.98 Å². The predicted molar refractivity (Wildman–Crippen MR) is 105 cm³/mol. The molecule has 0 aliphatic carbocycles. The number of aliphatic imine (C=N–C) groups is 1. The van der Waals surface area contributed by atoms with Crippen LogP contribution in [0.4, 0.5) is 20.6 Å². The van der Waals surface area contributed by atoms with Gasteiger partial charge in [0.15, 0.2) is 5.82 Å². The third-order valence-electron chi connectivity index (χ3n) is 4.36. The van der Waals surface area contributed by atoms with Crippen LogP contribution in [0.25, 0.3) is 5.57 Å². The van der Waals surface area contributed by atoms with Gasteiger partial charge in [-0.3, -0.25) is 9.89 Å². The Bertz CT molecular complexity index is 1130. The average Bonchev–Trinajstić information content (AvgIpc) is 3.51. The van der Waals surface area contributed by atoms with Gasteiger partial charge in [-0.05, 0) is 18.2 Å². The zero-order chi connectivity index (χ0) is 21.8. The molecule has 2 aromatic heterocycles. The molecule has 0 radical (unpaired) electrons. The minimum atomic E-state index is -0.651. The van der Waals surface area contributed by atoms with E-state index >= 15 is 0 Å². The monoisotopic (exact) mass is 428 g/mol. The van der Waals surface area contributed by atoms with Crippen molar-refractivity contribution >= 4 is 29.3 Å². The van der Waals surface area contributed by atoms with Crippen LogP contribution in [0, 0.1) is 5.82 Å². The molecule has 3 N–H and O–H groups in total. The van der Waals surface area contributed by atoms with Crippen LogP contribution in [-0.4, -0.2) is 55.2 Å². The number of hydrogen-bond donors (Lipinski definition) is 2. The molecule has 4 rings (SSSR count). The zero-order valence-electron chi connectivity index (χ0n) is 16.0. The Morgan fingerprint density at radius 3 is 3.00 bits per heavy atom. The van der Waals surface area contributed by atoms with Gasteiger partial charge in [0.2, 0.25) is 5.82 Å². The Morgan fingerprint density at radius 1 is 1.45 bits per heavy atom. The van der Waals surface area contributed by atoms with E-state index in [0.717, 1.165) is 0 Å². The van der Waals surface area contributed by atoms with Gasteiger partial charge in [0.1, 0.15) is 12.7 Å². The van der Waals surface area contributed by atoms with E-state index in [-0.39, 0.29) is 29.5 Å². The lowest BCUT2D eigenvalue weighted by Gasteiger charge is -2.13. The number of amides is 1. The maximum Gasteiger partial charge on any atom is 0.414 e. The second-order valence-corrected chi connectivity index (χ2v) is 6.43. The number of cyclic esters (lactones) is 1. The molecule has 1 saturated heterocycles. The van der Waals surface area contributed by atoms with Crippen LogP contribution >= 0.6 is 0 Å². The van der Waals surface area contributed by atoms with Crippen molar-refractivity contribution in [2.45, 2.75) is 19.3 Å². The number of halogens is 1. The Kier molecular flexibility index (Phi) is 5.66. The van der Waals surface area contributed by atoms with Gasteiger partial charge < -0.3 is 20.1 Å². The summed E-state index contributed by atoms with van der Waals surface area (Å²) >= 11 is 0. The largest absolute Gasteiger partial charge is 0.442 e.